The molecule has 0 unspecified atom stereocenters. The van der Waals surface area contributed by atoms with Gasteiger partial charge >= 0.3 is 5.97 Å². The van der Waals surface area contributed by atoms with E-state index in [1.807, 2.05) is 6.07 Å². The van der Waals surface area contributed by atoms with Crippen molar-refractivity contribution in [2.24, 2.45) is 7.05 Å². The SMILES string of the molecule is Cc1c(-c2ccc(CCC(=O)O)n3ccnc23)c(=O)n(C)c2ccc(F)cc12. The maximum atomic E-state index is 13.8. The fraction of sp³-hybridized carbons (Fsp3) is 0.190. The van der Waals surface area contributed by atoms with Gasteiger partial charge in [-0.2, -0.15) is 0 Å². The summed E-state index contributed by atoms with van der Waals surface area (Å²) in [6.45, 7) is 1.80. The molecular formula is C21H18FN3O3. The number of nitrogens with zero attached hydrogens (tertiary/aromatic N) is 3. The Kier molecular flexibility index (Phi) is 4.22. The van der Waals surface area contributed by atoms with E-state index in [-0.39, 0.29) is 17.8 Å². The second-order valence-corrected chi connectivity index (χ2v) is 6.78. The summed E-state index contributed by atoms with van der Waals surface area (Å²) in [5.74, 6) is -1.24. The molecule has 6 nitrogen and oxygen atoms in total. The third kappa shape index (κ3) is 2.76. The van der Waals surface area contributed by atoms with Crippen LogP contribution in [0.5, 0.6) is 0 Å². The molecule has 0 aliphatic heterocycles. The summed E-state index contributed by atoms with van der Waals surface area (Å²) in [6.07, 6.45) is 3.71. The first-order valence-corrected chi connectivity index (χ1v) is 8.84. The van der Waals surface area contributed by atoms with E-state index in [4.69, 9.17) is 5.11 Å². The number of aromatic nitrogens is 3. The minimum absolute atomic E-state index is 0.00265. The van der Waals surface area contributed by atoms with E-state index >= 15 is 0 Å². The molecule has 142 valence electrons. The van der Waals surface area contributed by atoms with Crippen molar-refractivity contribution in [1.29, 1.82) is 0 Å². The third-order valence-electron chi connectivity index (χ3n) is 5.12. The van der Waals surface area contributed by atoms with Gasteiger partial charge in [0.05, 0.1) is 17.5 Å². The highest BCUT2D eigenvalue weighted by molar-refractivity contribution is 5.91. The standard InChI is InChI=1S/C21H18FN3O3/c1-12-16-11-13(22)3-7-17(16)24(2)21(28)19(12)15-6-4-14(5-8-18(26)27)25-10-9-23-20(15)25/h3-4,6-7,9-11H,5,8H2,1-2H3,(H,26,27). The second kappa shape index (κ2) is 6.60. The molecular weight excluding hydrogens is 361 g/mol. The van der Waals surface area contributed by atoms with Crippen LogP contribution in [0.15, 0.2) is 47.5 Å². The molecule has 28 heavy (non-hydrogen) atoms. The predicted molar refractivity (Wildman–Crippen MR) is 104 cm³/mol. The number of carbonyl (C=O) groups is 1. The number of aryl methyl sites for hydroxylation is 3. The van der Waals surface area contributed by atoms with Crippen LogP contribution in [-0.4, -0.2) is 25.0 Å². The van der Waals surface area contributed by atoms with Crippen LogP contribution in [0, 0.1) is 12.7 Å². The lowest BCUT2D eigenvalue weighted by molar-refractivity contribution is -0.136. The van der Waals surface area contributed by atoms with Crippen molar-refractivity contribution in [2.75, 3.05) is 0 Å². The van der Waals surface area contributed by atoms with Crippen molar-refractivity contribution < 1.29 is 14.3 Å². The van der Waals surface area contributed by atoms with Gasteiger partial charge in [0.15, 0.2) is 0 Å². The highest BCUT2D eigenvalue weighted by atomic mass is 19.1. The first-order chi connectivity index (χ1) is 13.4. The van der Waals surface area contributed by atoms with Crippen LogP contribution in [0.3, 0.4) is 0 Å². The normalized spacial score (nSPS) is 11.4. The van der Waals surface area contributed by atoms with E-state index in [1.54, 1.807) is 42.9 Å². The topological polar surface area (TPSA) is 76.6 Å². The lowest BCUT2D eigenvalue weighted by Crippen LogP contribution is -2.21. The Balaban J connectivity index is 2.00. The van der Waals surface area contributed by atoms with Gasteiger partial charge in [-0.25, -0.2) is 9.37 Å². The lowest BCUT2D eigenvalue weighted by atomic mass is 9.98. The number of pyridine rings is 2. The maximum absolute atomic E-state index is 13.8. The Morgan fingerprint density at radius 3 is 2.79 bits per heavy atom. The molecule has 4 aromatic rings. The van der Waals surface area contributed by atoms with E-state index in [0.717, 1.165) is 5.69 Å². The second-order valence-electron chi connectivity index (χ2n) is 6.78. The number of imidazole rings is 1. The maximum Gasteiger partial charge on any atom is 0.303 e. The largest absolute Gasteiger partial charge is 0.481 e. The molecule has 1 aromatic carbocycles. The van der Waals surface area contributed by atoms with Gasteiger partial charge in [-0.15, -0.1) is 0 Å². The summed E-state index contributed by atoms with van der Waals surface area (Å²) in [5.41, 5.74) is 3.60. The fourth-order valence-corrected chi connectivity index (χ4v) is 3.69. The van der Waals surface area contributed by atoms with Crippen molar-refractivity contribution in [2.45, 2.75) is 19.8 Å². The van der Waals surface area contributed by atoms with Gasteiger partial charge in [0.25, 0.3) is 5.56 Å². The van der Waals surface area contributed by atoms with E-state index in [9.17, 15) is 14.0 Å². The van der Waals surface area contributed by atoms with Crippen molar-refractivity contribution in [1.82, 2.24) is 14.0 Å². The molecule has 0 spiro atoms. The molecule has 0 amide bonds. The molecule has 4 rings (SSSR count). The van der Waals surface area contributed by atoms with Crippen LogP contribution in [0.1, 0.15) is 17.7 Å². The van der Waals surface area contributed by atoms with Crippen LogP contribution in [0.4, 0.5) is 4.39 Å². The Labute approximate surface area is 159 Å². The fourth-order valence-electron chi connectivity index (χ4n) is 3.69. The van der Waals surface area contributed by atoms with Gasteiger partial charge < -0.3 is 14.1 Å². The van der Waals surface area contributed by atoms with Gasteiger partial charge in [-0.3, -0.25) is 9.59 Å². The van der Waals surface area contributed by atoms with Gasteiger partial charge in [0, 0.05) is 36.1 Å². The van der Waals surface area contributed by atoms with E-state index in [2.05, 4.69) is 4.98 Å². The monoisotopic (exact) mass is 379 g/mol. The lowest BCUT2D eigenvalue weighted by Gasteiger charge is -2.15. The van der Waals surface area contributed by atoms with Crippen molar-refractivity contribution >= 4 is 22.5 Å². The third-order valence-corrected chi connectivity index (χ3v) is 5.12. The molecule has 0 radical (unpaired) electrons. The summed E-state index contributed by atoms with van der Waals surface area (Å²) in [5, 5.41) is 9.62. The molecule has 1 N–H and O–H groups in total. The van der Waals surface area contributed by atoms with Crippen LogP contribution < -0.4 is 5.56 Å². The molecule has 0 atom stereocenters. The molecule has 0 aliphatic rings. The minimum atomic E-state index is -0.876. The van der Waals surface area contributed by atoms with Gasteiger partial charge in [0.1, 0.15) is 11.5 Å². The van der Waals surface area contributed by atoms with E-state index < -0.39 is 5.97 Å². The highest BCUT2D eigenvalue weighted by Gasteiger charge is 2.18. The van der Waals surface area contributed by atoms with Crippen molar-refractivity contribution in [3.63, 3.8) is 0 Å². The molecule has 0 bridgehead atoms. The summed E-state index contributed by atoms with van der Waals surface area (Å²) in [4.78, 5) is 28.4. The molecule has 7 heteroatoms. The average molecular weight is 379 g/mol. The zero-order chi connectivity index (χ0) is 20.0. The first-order valence-electron chi connectivity index (χ1n) is 8.84. The van der Waals surface area contributed by atoms with Gasteiger partial charge in [-0.05, 0) is 49.2 Å². The van der Waals surface area contributed by atoms with E-state index in [0.29, 0.717) is 39.7 Å². The van der Waals surface area contributed by atoms with Crippen LogP contribution >= 0.6 is 0 Å². The molecule has 0 saturated carbocycles. The predicted octanol–water partition coefficient (Wildman–Crippen LogP) is 3.32. The van der Waals surface area contributed by atoms with Crippen LogP contribution in [0.2, 0.25) is 0 Å². The number of benzene rings is 1. The molecule has 0 aliphatic carbocycles. The molecule has 3 aromatic heterocycles. The molecule has 0 fully saturated rings. The van der Waals surface area contributed by atoms with Gasteiger partial charge in [-0.1, -0.05) is 0 Å². The Morgan fingerprint density at radius 2 is 2.04 bits per heavy atom. The van der Waals surface area contributed by atoms with Crippen LogP contribution in [0.25, 0.3) is 27.7 Å². The number of hydrogen-bond acceptors (Lipinski definition) is 3. The van der Waals surface area contributed by atoms with Crippen molar-refractivity contribution in [3.05, 3.63) is 70.2 Å². The summed E-state index contributed by atoms with van der Waals surface area (Å²) < 4.78 is 17.1. The quantitative estimate of drug-likeness (QED) is 0.590. The summed E-state index contributed by atoms with van der Waals surface area (Å²) in [7, 11) is 1.66. The molecule has 3 heterocycles. The Hall–Kier alpha value is -3.48. The number of carboxylic acids is 1. The zero-order valence-electron chi connectivity index (χ0n) is 15.4. The number of aliphatic carboxylic acids is 1. The Bertz CT molecular complexity index is 1300. The zero-order valence-corrected chi connectivity index (χ0v) is 15.4. The number of halogens is 1. The number of carboxylic acid groups (broad SMARTS) is 1. The smallest absolute Gasteiger partial charge is 0.303 e. The van der Waals surface area contributed by atoms with Crippen molar-refractivity contribution in [3.8, 4) is 11.1 Å². The highest BCUT2D eigenvalue weighted by Crippen LogP contribution is 2.30. The average Bonchev–Trinajstić information content (AvgIpc) is 3.15. The van der Waals surface area contributed by atoms with Gasteiger partial charge in [0.2, 0.25) is 0 Å². The number of fused-ring (bicyclic) bond motifs is 2. The number of rotatable bonds is 4. The number of hydrogen-bond donors (Lipinski definition) is 1. The summed E-state index contributed by atoms with van der Waals surface area (Å²) in [6, 6.07) is 7.96. The van der Waals surface area contributed by atoms with E-state index in [1.165, 1.54) is 16.7 Å². The summed E-state index contributed by atoms with van der Waals surface area (Å²) >= 11 is 0. The molecule has 0 saturated heterocycles. The van der Waals surface area contributed by atoms with Crippen LogP contribution in [-0.2, 0) is 18.3 Å². The minimum Gasteiger partial charge on any atom is -0.481 e. The Morgan fingerprint density at radius 1 is 1.25 bits per heavy atom. The first kappa shape index (κ1) is 17.9.